The molecule has 3 aliphatic heterocycles. The summed E-state index contributed by atoms with van der Waals surface area (Å²) in [5.41, 5.74) is 1.98. The highest BCUT2D eigenvalue weighted by molar-refractivity contribution is 8.17. The minimum atomic E-state index is -0.810. The molecule has 51 heavy (non-hydrogen) atoms. The number of ether oxygens (including phenoxy) is 6. The van der Waals surface area contributed by atoms with E-state index in [0.29, 0.717) is 47.2 Å². The number of benzene rings is 4. The number of rotatable bonds is 11. The van der Waals surface area contributed by atoms with Gasteiger partial charge >= 0.3 is 5.97 Å². The number of hydrogen-bond acceptors (Lipinski definition) is 9. The Labute approximate surface area is 308 Å². The summed E-state index contributed by atoms with van der Waals surface area (Å²) in [7, 11) is 0. The molecular formula is C42H44O7S2. The van der Waals surface area contributed by atoms with E-state index < -0.39 is 22.2 Å². The highest BCUT2D eigenvalue weighted by Gasteiger charge is 2.59. The monoisotopic (exact) mass is 724 g/mol. The highest BCUT2D eigenvalue weighted by Crippen LogP contribution is 2.63. The minimum absolute atomic E-state index is 0.0313. The van der Waals surface area contributed by atoms with Gasteiger partial charge < -0.3 is 28.4 Å². The number of fused-ring (bicyclic) bond motifs is 2. The first-order valence-corrected chi connectivity index (χ1v) is 19.6. The van der Waals surface area contributed by atoms with E-state index in [-0.39, 0.29) is 25.7 Å². The Morgan fingerprint density at radius 3 is 2.02 bits per heavy atom. The van der Waals surface area contributed by atoms with Crippen LogP contribution in [0.25, 0.3) is 0 Å². The van der Waals surface area contributed by atoms with Crippen molar-refractivity contribution in [2.24, 2.45) is 29.6 Å². The van der Waals surface area contributed by atoms with E-state index in [0.717, 1.165) is 33.8 Å². The number of carbonyl (C=O) groups is 1. The van der Waals surface area contributed by atoms with Gasteiger partial charge in [0.1, 0.15) is 4.08 Å². The van der Waals surface area contributed by atoms with Crippen LogP contribution in [0, 0.1) is 29.6 Å². The van der Waals surface area contributed by atoms with Gasteiger partial charge in [0.05, 0.1) is 17.9 Å². The first kappa shape index (κ1) is 34.3. The molecular weight excluding hydrogens is 681 g/mol. The Morgan fingerprint density at radius 2 is 1.37 bits per heavy atom. The molecule has 0 N–H and O–H groups in total. The van der Waals surface area contributed by atoms with Crippen molar-refractivity contribution in [1.82, 2.24) is 0 Å². The summed E-state index contributed by atoms with van der Waals surface area (Å²) in [5, 5.41) is 0. The van der Waals surface area contributed by atoms with Crippen LogP contribution in [0.15, 0.2) is 107 Å². The first-order chi connectivity index (χ1) is 24.9. The normalized spacial score (nSPS) is 25.3. The predicted molar refractivity (Wildman–Crippen MR) is 198 cm³/mol. The van der Waals surface area contributed by atoms with Gasteiger partial charge in [-0.25, -0.2) is 0 Å². The molecule has 0 radical (unpaired) electrons. The number of esters is 1. The maximum Gasteiger partial charge on any atom is 0.312 e. The van der Waals surface area contributed by atoms with E-state index in [4.69, 9.17) is 28.4 Å². The van der Waals surface area contributed by atoms with Gasteiger partial charge in [0.2, 0.25) is 19.9 Å². The van der Waals surface area contributed by atoms with E-state index in [1.807, 2.05) is 36.4 Å². The van der Waals surface area contributed by atoms with Crippen LogP contribution in [0.2, 0.25) is 0 Å². The fourth-order valence-electron chi connectivity index (χ4n) is 8.05. The largest absolute Gasteiger partial charge is 0.454 e. The van der Waals surface area contributed by atoms with Gasteiger partial charge in [-0.3, -0.25) is 4.79 Å². The summed E-state index contributed by atoms with van der Waals surface area (Å²) >= 11 is 3.49. The summed E-state index contributed by atoms with van der Waals surface area (Å²) in [6.45, 7) is 7.23. The van der Waals surface area contributed by atoms with Crippen molar-refractivity contribution >= 4 is 29.5 Å². The number of carbonyl (C=O) groups excluding carboxylic acids is 1. The van der Waals surface area contributed by atoms with Crippen molar-refractivity contribution < 1.29 is 33.2 Å². The molecule has 0 aromatic heterocycles. The Balaban J connectivity index is 1.30. The average Bonchev–Trinajstić information content (AvgIpc) is 3.87. The van der Waals surface area contributed by atoms with E-state index in [9.17, 15) is 4.79 Å². The summed E-state index contributed by atoms with van der Waals surface area (Å²) in [6, 6.07) is 33.0. The van der Waals surface area contributed by atoms with Gasteiger partial charge in [-0.1, -0.05) is 75.7 Å². The maximum absolute atomic E-state index is 14.5. The van der Waals surface area contributed by atoms with Crippen molar-refractivity contribution in [3.05, 3.63) is 108 Å². The molecule has 1 saturated heterocycles. The van der Waals surface area contributed by atoms with Crippen LogP contribution < -0.4 is 18.9 Å². The average molecular weight is 725 g/mol. The topological polar surface area (TPSA) is 72.5 Å². The van der Waals surface area contributed by atoms with E-state index in [2.05, 4.69) is 81.4 Å². The molecule has 1 saturated carbocycles. The quantitative estimate of drug-likeness (QED) is 0.0854. The molecule has 7 nitrogen and oxygen atoms in total. The zero-order chi connectivity index (χ0) is 35.0. The molecule has 9 heteroatoms. The molecule has 0 spiro atoms. The smallest absolute Gasteiger partial charge is 0.312 e. The van der Waals surface area contributed by atoms with Crippen LogP contribution >= 0.6 is 23.5 Å². The molecule has 2 fully saturated rings. The summed E-state index contributed by atoms with van der Waals surface area (Å²) in [4.78, 5) is 16.7. The number of hydrogen-bond donors (Lipinski definition) is 0. The second-order valence-corrected chi connectivity index (χ2v) is 17.3. The zero-order valence-corrected chi connectivity index (χ0v) is 30.8. The standard InChI is InChI=1S/C42H44O7S2/c1-26(2)32-17-14-27(3)20-36(32)48-41-39(33(40(43)49-41)21-28-15-18-34-37(22-28)46-24-44-34)42(50-30-10-6-4-7-11-30,51-31-12-8-5-9-13-31)29-16-19-35-38(23-29)47-25-45-35/h4-13,15-16,18-19,22-23,26-27,32-33,36,39,41H,14,17,20-21,24-25H2,1-3H3/t27-,32+,33-,36-,39-,41-/m1/s1. The van der Waals surface area contributed by atoms with Crippen LogP contribution in [0.5, 0.6) is 23.0 Å². The molecule has 4 aromatic carbocycles. The predicted octanol–water partition coefficient (Wildman–Crippen LogP) is 9.72. The van der Waals surface area contributed by atoms with Gasteiger partial charge in [-0.15, -0.1) is 23.5 Å². The second-order valence-electron chi connectivity index (χ2n) is 14.4. The van der Waals surface area contributed by atoms with Crippen LogP contribution in [0.1, 0.15) is 51.2 Å². The molecule has 4 aromatic rings. The summed E-state index contributed by atoms with van der Waals surface area (Å²) in [5.74, 6) is 2.94. The van der Waals surface area contributed by atoms with Crippen molar-refractivity contribution in [1.29, 1.82) is 0 Å². The fourth-order valence-corrected chi connectivity index (χ4v) is 11.4. The highest BCUT2D eigenvalue weighted by atomic mass is 32.2. The number of cyclic esters (lactones) is 1. The lowest BCUT2D eigenvalue weighted by Gasteiger charge is -2.44. The van der Waals surface area contributed by atoms with E-state index >= 15 is 0 Å². The van der Waals surface area contributed by atoms with Gasteiger partial charge in [-0.05, 0) is 96.7 Å². The number of thioether (sulfide) groups is 2. The third-order valence-corrected chi connectivity index (χ3v) is 13.8. The Morgan fingerprint density at radius 1 is 0.765 bits per heavy atom. The van der Waals surface area contributed by atoms with Crippen molar-refractivity contribution in [2.45, 2.75) is 72.7 Å². The van der Waals surface area contributed by atoms with Crippen LogP contribution in [-0.2, 0) is 24.8 Å². The third kappa shape index (κ3) is 7.05. The van der Waals surface area contributed by atoms with Crippen LogP contribution in [-0.4, -0.2) is 31.9 Å². The molecule has 0 bridgehead atoms. The molecule has 266 valence electrons. The molecule has 6 atom stereocenters. The summed E-state index contributed by atoms with van der Waals surface area (Å²) < 4.78 is 36.1. The van der Waals surface area contributed by atoms with Crippen molar-refractivity contribution in [3.63, 3.8) is 0 Å². The molecule has 4 aliphatic rings. The molecule has 0 unspecified atom stereocenters. The zero-order valence-electron chi connectivity index (χ0n) is 29.2. The molecule has 0 amide bonds. The van der Waals surface area contributed by atoms with Gasteiger partial charge in [0.15, 0.2) is 23.0 Å². The lowest BCUT2D eigenvalue weighted by Crippen LogP contribution is -2.44. The van der Waals surface area contributed by atoms with E-state index in [1.54, 1.807) is 23.5 Å². The third-order valence-electron chi connectivity index (χ3n) is 10.7. The Bertz CT molecular complexity index is 1790. The Kier molecular flexibility index (Phi) is 9.87. The fraction of sp³-hybridized carbons (Fsp3) is 0.405. The summed E-state index contributed by atoms with van der Waals surface area (Å²) in [6.07, 6.45) is 2.84. The second kappa shape index (κ2) is 14.7. The van der Waals surface area contributed by atoms with Gasteiger partial charge in [0, 0.05) is 9.79 Å². The lowest BCUT2D eigenvalue weighted by molar-refractivity contribution is -0.196. The van der Waals surface area contributed by atoms with Crippen LogP contribution in [0.3, 0.4) is 0 Å². The van der Waals surface area contributed by atoms with Crippen LogP contribution in [0.4, 0.5) is 0 Å². The minimum Gasteiger partial charge on any atom is -0.454 e. The van der Waals surface area contributed by atoms with E-state index in [1.165, 1.54) is 6.42 Å². The van der Waals surface area contributed by atoms with Crippen molar-refractivity contribution in [2.75, 3.05) is 13.6 Å². The van der Waals surface area contributed by atoms with Crippen molar-refractivity contribution in [3.8, 4) is 23.0 Å². The lowest BCUT2D eigenvalue weighted by atomic mass is 9.75. The molecule has 1 aliphatic carbocycles. The van der Waals surface area contributed by atoms with Gasteiger partial charge in [-0.2, -0.15) is 0 Å². The Hall–Kier alpha value is -3.79. The molecule has 3 heterocycles. The first-order valence-electron chi connectivity index (χ1n) is 18.0. The molecule has 8 rings (SSSR count). The SMILES string of the molecule is CC(C)[C@@H]1CC[C@@H](C)C[C@H]1O[C@@H]1OC(=O)[C@H](Cc2ccc3c(c2)OCO3)[C@H]1C(Sc1ccccc1)(Sc1ccccc1)c1ccc2c(c1)OCO2. The van der Waals surface area contributed by atoms with Gasteiger partial charge in [0.25, 0.3) is 0 Å². The maximum atomic E-state index is 14.5.